The van der Waals surface area contributed by atoms with Crippen LogP contribution in [0.5, 0.6) is 0 Å². The molecule has 0 saturated carbocycles. The van der Waals surface area contributed by atoms with Crippen molar-refractivity contribution in [2.75, 3.05) is 6.54 Å². The molecule has 1 amide bonds. The highest BCUT2D eigenvalue weighted by Gasteiger charge is 2.38. The Kier molecular flexibility index (Phi) is 4.32. The summed E-state index contributed by atoms with van der Waals surface area (Å²) in [7, 11) is -3.58. The molecule has 0 radical (unpaired) electrons. The molecule has 1 saturated heterocycles. The van der Waals surface area contributed by atoms with Crippen LogP contribution < -0.4 is 5.14 Å². The lowest BCUT2D eigenvalue weighted by Gasteiger charge is -2.24. The molecule has 1 heterocycles. The van der Waals surface area contributed by atoms with Gasteiger partial charge in [-0.1, -0.05) is 19.8 Å². The number of primary sulfonamides is 1. The van der Waals surface area contributed by atoms with E-state index in [0.29, 0.717) is 0 Å². The number of carbonyl (C=O) groups excluding carboxylic acids is 1. The zero-order valence-electron chi connectivity index (χ0n) is 9.85. The molecule has 94 valence electrons. The first kappa shape index (κ1) is 13.4. The fourth-order valence-corrected chi connectivity index (χ4v) is 2.74. The highest BCUT2D eigenvalue weighted by molar-refractivity contribution is 7.89. The predicted molar refractivity (Wildman–Crippen MR) is 62.2 cm³/mol. The van der Waals surface area contributed by atoms with Gasteiger partial charge in [0.15, 0.2) is 0 Å². The number of nitrogens with two attached hydrogens (primary N) is 1. The highest BCUT2D eigenvalue weighted by atomic mass is 32.2. The molecular weight excluding hydrogens is 228 g/mol. The maximum absolute atomic E-state index is 11.6. The van der Waals surface area contributed by atoms with Crippen molar-refractivity contribution >= 4 is 15.9 Å². The number of amides is 1. The lowest BCUT2D eigenvalue weighted by molar-refractivity contribution is -0.129. The fourth-order valence-electron chi connectivity index (χ4n) is 2.00. The topological polar surface area (TPSA) is 80.5 Å². The van der Waals surface area contributed by atoms with E-state index in [9.17, 15) is 13.2 Å². The van der Waals surface area contributed by atoms with E-state index in [1.807, 2.05) is 6.92 Å². The Hall–Kier alpha value is -0.620. The first-order chi connectivity index (χ1) is 7.36. The summed E-state index contributed by atoms with van der Waals surface area (Å²) in [4.78, 5) is 13.3. The summed E-state index contributed by atoms with van der Waals surface area (Å²) in [5.74, 6) is -0.0948. The second-order valence-corrected chi connectivity index (χ2v) is 6.30. The van der Waals surface area contributed by atoms with Crippen molar-refractivity contribution in [1.82, 2.24) is 4.90 Å². The molecule has 0 aromatic heterocycles. The second-order valence-electron chi connectivity index (χ2n) is 4.45. The summed E-state index contributed by atoms with van der Waals surface area (Å²) in [6, 6.07) is 0.110. The molecule has 1 aliphatic rings. The van der Waals surface area contributed by atoms with Gasteiger partial charge in [0.25, 0.3) is 0 Å². The molecule has 2 unspecified atom stereocenters. The van der Waals surface area contributed by atoms with Crippen molar-refractivity contribution in [2.45, 2.75) is 50.8 Å². The Bertz CT molecular complexity index is 353. The van der Waals surface area contributed by atoms with Crippen LogP contribution in [0.3, 0.4) is 0 Å². The van der Waals surface area contributed by atoms with Gasteiger partial charge in [-0.3, -0.25) is 4.79 Å². The third-order valence-electron chi connectivity index (χ3n) is 3.10. The predicted octanol–water partition coefficient (Wildman–Crippen LogP) is 0.455. The number of hydrogen-bond donors (Lipinski definition) is 1. The highest BCUT2D eigenvalue weighted by Crippen LogP contribution is 2.21. The van der Waals surface area contributed by atoms with Crippen LogP contribution in [0.4, 0.5) is 0 Å². The van der Waals surface area contributed by atoms with Gasteiger partial charge in [-0.2, -0.15) is 0 Å². The molecule has 1 aliphatic heterocycles. The number of likely N-dealkylation sites (tertiary alicyclic amines) is 1. The van der Waals surface area contributed by atoms with Crippen molar-refractivity contribution in [2.24, 2.45) is 5.14 Å². The lowest BCUT2D eigenvalue weighted by atomic mass is 10.1. The quantitative estimate of drug-likeness (QED) is 0.767. The van der Waals surface area contributed by atoms with Crippen molar-refractivity contribution in [3.05, 3.63) is 0 Å². The molecule has 0 bridgehead atoms. The number of sulfonamides is 1. The van der Waals surface area contributed by atoms with Gasteiger partial charge in [0.1, 0.15) is 5.25 Å². The van der Waals surface area contributed by atoms with E-state index in [1.165, 1.54) is 0 Å². The van der Waals surface area contributed by atoms with E-state index >= 15 is 0 Å². The summed E-state index contributed by atoms with van der Waals surface area (Å²) >= 11 is 0. The Morgan fingerprint density at radius 1 is 1.56 bits per heavy atom. The van der Waals surface area contributed by atoms with Crippen molar-refractivity contribution in [1.29, 1.82) is 0 Å². The molecule has 2 N–H and O–H groups in total. The van der Waals surface area contributed by atoms with Crippen LogP contribution in [-0.4, -0.2) is 37.1 Å². The number of nitrogens with zero attached hydrogens (tertiary/aromatic N) is 1. The SMILES string of the molecule is CCCCC(C)N1CC(S(N)(=O)=O)CC1=O. The third-order valence-corrected chi connectivity index (χ3v) is 4.34. The zero-order valence-corrected chi connectivity index (χ0v) is 10.7. The van der Waals surface area contributed by atoms with Gasteiger partial charge in [0.2, 0.25) is 15.9 Å². The molecule has 1 rings (SSSR count). The van der Waals surface area contributed by atoms with Crippen molar-refractivity contribution in [3.63, 3.8) is 0 Å². The van der Waals surface area contributed by atoms with Crippen molar-refractivity contribution < 1.29 is 13.2 Å². The summed E-state index contributed by atoms with van der Waals surface area (Å²) in [5.41, 5.74) is 0. The fraction of sp³-hybridized carbons (Fsp3) is 0.900. The molecule has 6 heteroatoms. The Balaban J connectivity index is 2.61. The van der Waals surface area contributed by atoms with E-state index < -0.39 is 15.3 Å². The number of unbranched alkanes of at least 4 members (excludes halogenated alkanes) is 1. The Morgan fingerprint density at radius 3 is 2.62 bits per heavy atom. The van der Waals surface area contributed by atoms with E-state index in [1.54, 1.807) is 4.90 Å². The minimum Gasteiger partial charge on any atom is -0.339 e. The number of carbonyl (C=O) groups is 1. The maximum atomic E-state index is 11.6. The summed E-state index contributed by atoms with van der Waals surface area (Å²) in [6.07, 6.45) is 3.07. The third kappa shape index (κ3) is 3.18. The standard InChI is InChI=1S/C10H20N2O3S/c1-3-4-5-8(2)12-7-9(6-10(12)13)16(11,14)15/h8-9H,3-7H2,1-2H3,(H2,11,14,15). The Labute approximate surface area is 97.0 Å². The minimum atomic E-state index is -3.58. The zero-order chi connectivity index (χ0) is 12.3. The van der Waals surface area contributed by atoms with Crippen LogP contribution >= 0.6 is 0 Å². The van der Waals surface area contributed by atoms with Gasteiger partial charge in [-0.15, -0.1) is 0 Å². The summed E-state index contributed by atoms with van der Waals surface area (Å²) in [5, 5.41) is 4.34. The van der Waals surface area contributed by atoms with Crippen LogP contribution in [0.2, 0.25) is 0 Å². The van der Waals surface area contributed by atoms with Crippen LogP contribution in [0.15, 0.2) is 0 Å². The molecular formula is C10H20N2O3S. The number of hydrogen-bond acceptors (Lipinski definition) is 3. The molecule has 0 spiro atoms. The van der Waals surface area contributed by atoms with Crippen LogP contribution in [0, 0.1) is 0 Å². The van der Waals surface area contributed by atoms with Crippen molar-refractivity contribution in [3.8, 4) is 0 Å². The smallest absolute Gasteiger partial charge is 0.224 e. The van der Waals surface area contributed by atoms with Gasteiger partial charge in [-0.05, 0) is 13.3 Å². The number of rotatable bonds is 5. The van der Waals surface area contributed by atoms with Crippen LogP contribution in [0.1, 0.15) is 39.5 Å². The monoisotopic (exact) mass is 248 g/mol. The van der Waals surface area contributed by atoms with Gasteiger partial charge in [0, 0.05) is 19.0 Å². The van der Waals surface area contributed by atoms with E-state index in [2.05, 4.69) is 6.92 Å². The Morgan fingerprint density at radius 2 is 2.19 bits per heavy atom. The van der Waals surface area contributed by atoms with Gasteiger partial charge < -0.3 is 4.90 Å². The van der Waals surface area contributed by atoms with E-state index in [0.717, 1.165) is 19.3 Å². The molecule has 16 heavy (non-hydrogen) atoms. The van der Waals surface area contributed by atoms with Gasteiger partial charge >= 0.3 is 0 Å². The summed E-state index contributed by atoms with van der Waals surface area (Å²) < 4.78 is 22.3. The van der Waals surface area contributed by atoms with E-state index in [4.69, 9.17) is 5.14 Å². The molecule has 1 fully saturated rings. The van der Waals surface area contributed by atoms with Crippen LogP contribution in [-0.2, 0) is 14.8 Å². The molecule has 0 aromatic rings. The lowest BCUT2D eigenvalue weighted by Crippen LogP contribution is -2.37. The summed E-state index contributed by atoms with van der Waals surface area (Å²) in [6.45, 7) is 4.30. The maximum Gasteiger partial charge on any atom is 0.224 e. The van der Waals surface area contributed by atoms with Gasteiger partial charge in [0.05, 0.1) is 0 Å². The average Bonchev–Trinajstić information content (AvgIpc) is 2.56. The largest absolute Gasteiger partial charge is 0.339 e. The second kappa shape index (κ2) is 5.14. The first-order valence-electron chi connectivity index (χ1n) is 5.67. The average molecular weight is 248 g/mol. The molecule has 0 aromatic carbocycles. The van der Waals surface area contributed by atoms with Gasteiger partial charge in [-0.25, -0.2) is 13.6 Å². The molecule has 5 nitrogen and oxygen atoms in total. The van der Waals surface area contributed by atoms with Crippen LogP contribution in [0.25, 0.3) is 0 Å². The normalized spacial score (nSPS) is 23.8. The molecule has 2 atom stereocenters. The van der Waals surface area contributed by atoms with E-state index in [-0.39, 0.29) is 24.9 Å². The minimum absolute atomic E-state index is 0.0370. The first-order valence-corrected chi connectivity index (χ1v) is 7.28. The molecule has 0 aliphatic carbocycles.